The Labute approximate surface area is 103 Å². The first-order valence-corrected chi connectivity index (χ1v) is 6.46. The van der Waals surface area contributed by atoms with E-state index < -0.39 is 0 Å². The zero-order chi connectivity index (χ0) is 11.9. The highest BCUT2D eigenvalue weighted by Gasteiger charge is 2.14. The summed E-state index contributed by atoms with van der Waals surface area (Å²) in [4.78, 5) is 2.41. The summed E-state index contributed by atoms with van der Waals surface area (Å²) in [6.45, 7) is 8.76. The van der Waals surface area contributed by atoms with Gasteiger partial charge in [0.2, 0.25) is 0 Å². The van der Waals surface area contributed by atoms with Crippen molar-refractivity contribution in [2.75, 3.05) is 32.8 Å². The predicted octanol–water partition coefficient (Wildman–Crippen LogP) is 1.61. The van der Waals surface area contributed by atoms with E-state index >= 15 is 0 Å². The van der Waals surface area contributed by atoms with Crippen LogP contribution in [-0.4, -0.2) is 37.7 Å². The zero-order valence-corrected chi connectivity index (χ0v) is 10.6. The first kappa shape index (κ1) is 12.6. The quantitative estimate of drug-likeness (QED) is 0.764. The molecule has 0 aromatic carbocycles. The molecule has 1 aliphatic heterocycles. The summed E-state index contributed by atoms with van der Waals surface area (Å²) in [6, 6.07) is 2.08. The zero-order valence-electron chi connectivity index (χ0n) is 10.6. The third-order valence-corrected chi connectivity index (χ3v) is 3.05. The highest BCUT2D eigenvalue weighted by Crippen LogP contribution is 2.14. The van der Waals surface area contributed by atoms with Crippen LogP contribution >= 0.6 is 0 Å². The van der Waals surface area contributed by atoms with Crippen molar-refractivity contribution in [1.29, 1.82) is 0 Å². The molecular formula is C13H22N2O2. The number of hydrogen-bond donors (Lipinski definition) is 1. The number of nitrogens with one attached hydrogen (secondary N) is 1. The van der Waals surface area contributed by atoms with Gasteiger partial charge in [0, 0.05) is 25.2 Å². The van der Waals surface area contributed by atoms with E-state index in [4.69, 9.17) is 9.15 Å². The minimum Gasteiger partial charge on any atom is -0.468 e. The lowest BCUT2D eigenvalue weighted by atomic mass is 10.2. The molecule has 1 aromatic heterocycles. The minimum absolute atomic E-state index is 0.834. The second kappa shape index (κ2) is 6.79. The molecule has 0 radical (unpaired) electrons. The summed E-state index contributed by atoms with van der Waals surface area (Å²) in [5.41, 5.74) is 1.30. The lowest BCUT2D eigenvalue weighted by Gasteiger charge is -2.26. The van der Waals surface area contributed by atoms with Gasteiger partial charge in [0.1, 0.15) is 5.76 Å². The molecule has 1 fully saturated rings. The van der Waals surface area contributed by atoms with Crippen LogP contribution in [0.4, 0.5) is 0 Å². The maximum atomic E-state index is 5.53. The third-order valence-electron chi connectivity index (χ3n) is 3.05. The fourth-order valence-corrected chi connectivity index (χ4v) is 2.04. The van der Waals surface area contributed by atoms with Crippen LogP contribution in [0.3, 0.4) is 0 Å². The highest BCUT2D eigenvalue weighted by molar-refractivity contribution is 5.16. The van der Waals surface area contributed by atoms with Crippen molar-refractivity contribution in [3.05, 3.63) is 23.7 Å². The molecule has 1 saturated heterocycles. The van der Waals surface area contributed by atoms with Gasteiger partial charge in [-0.1, -0.05) is 6.92 Å². The van der Waals surface area contributed by atoms with Gasteiger partial charge in [-0.25, -0.2) is 0 Å². The van der Waals surface area contributed by atoms with E-state index in [9.17, 15) is 0 Å². The molecule has 1 aromatic rings. The number of furan rings is 1. The average Bonchev–Trinajstić information content (AvgIpc) is 2.79. The van der Waals surface area contributed by atoms with E-state index in [1.807, 2.05) is 0 Å². The monoisotopic (exact) mass is 238 g/mol. The molecular weight excluding hydrogens is 216 g/mol. The summed E-state index contributed by atoms with van der Waals surface area (Å²) in [6.07, 6.45) is 2.94. The van der Waals surface area contributed by atoms with E-state index in [2.05, 4.69) is 23.2 Å². The fourth-order valence-electron chi connectivity index (χ4n) is 2.04. The largest absolute Gasteiger partial charge is 0.468 e. The van der Waals surface area contributed by atoms with E-state index in [0.29, 0.717) is 0 Å². The number of hydrogen-bond acceptors (Lipinski definition) is 4. The second-order valence-corrected chi connectivity index (χ2v) is 4.43. The van der Waals surface area contributed by atoms with Gasteiger partial charge in [-0.15, -0.1) is 0 Å². The van der Waals surface area contributed by atoms with Gasteiger partial charge in [-0.2, -0.15) is 0 Å². The molecule has 0 spiro atoms. The average molecular weight is 238 g/mol. The summed E-state index contributed by atoms with van der Waals surface area (Å²) < 4.78 is 10.9. The highest BCUT2D eigenvalue weighted by atomic mass is 16.5. The van der Waals surface area contributed by atoms with Crippen molar-refractivity contribution in [3.63, 3.8) is 0 Å². The maximum absolute atomic E-state index is 5.53. The lowest BCUT2D eigenvalue weighted by Crippen LogP contribution is -2.35. The van der Waals surface area contributed by atoms with Crippen LogP contribution in [0, 0.1) is 0 Å². The van der Waals surface area contributed by atoms with Crippen molar-refractivity contribution < 1.29 is 9.15 Å². The van der Waals surface area contributed by atoms with E-state index in [0.717, 1.165) is 58.1 Å². The molecule has 0 bridgehead atoms. The van der Waals surface area contributed by atoms with Gasteiger partial charge in [0.25, 0.3) is 0 Å². The normalized spacial score (nSPS) is 17.5. The summed E-state index contributed by atoms with van der Waals surface area (Å²) in [5.74, 6) is 1.07. The summed E-state index contributed by atoms with van der Waals surface area (Å²) >= 11 is 0. The third kappa shape index (κ3) is 3.84. The van der Waals surface area contributed by atoms with E-state index in [1.165, 1.54) is 5.56 Å². The van der Waals surface area contributed by atoms with Gasteiger partial charge in [-0.05, 0) is 19.0 Å². The Kier molecular flexibility index (Phi) is 5.04. The van der Waals surface area contributed by atoms with Gasteiger partial charge in [0.05, 0.1) is 26.0 Å². The van der Waals surface area contributed by atoms with Crippen LogP contribution < -0.4 is 5.32 Å². The molecule has 4 heteroatoms. The Bertz CT molecular complexity index is 319. The number of morpholine rings is 1. The molecule has 2 rings (SSSR count). The van der Waals surface area contributed by atoms with Crippen molar-refractivity contribution >= 4 is 0 Å². The molecule has 0 aliphatic carbocycles. The molecule has 0 unspecified atom stereocenters. The van der Waals surface area contributed by atoms with Crippen LogP contribution in [0.5, 0.6) is 0 Å². The maximum Gasteiger partial charge on any atom is 0.122 e. The van der Waals surface area contributed by atoms with Crippen LogP contribution in [0.1, 0.15) is 24.7 Å². The van der Waals surface area contributed by atoms with Gasteiger partial charge >= 0.3 is 0 Å². The Hall–Kier alpha value is -0.840. The Morgan fingerprint density at radius 3 is 2.94 bits per heavy atom. The standard InChI is InChI=1S/C13H22N2O2/c1-2-4-14-10-13-12(3-7-17-13)11-15-5-8-16-9-6-15/h3,7,14H,2,4-6,8-11H2,1H3. The Balaban J connectivity index is 1.84. The van der Waals surface area contributed by atoms with Crippen LogP contribution in [0.25, 0.3) is 0 Å². The first-order chi connectivity index (χ1) is 8.40. The van der Waals surface area contributed by atoms with E-state index in [1.54, 1.807) is 6.26 Å². The second-order valence-electron chi connectivity index (χ2n) is 4.43. The first-order valence-electron chi connectivity index (χ1n) is 6.46. The Morgan fingerprint density at radius 1 is 1.35 bits per heavy atom. The molecule has 96 valence electrons. The van der Waals surface area contributed by atoms with Crippen molar-refractivity contribution in [2.24, 2.45) is 0 Å². The summed E-state index contributed by atoms with van der Waals surface area (Å²) in [5, 5.41) is 3.38. The number of rotatable bonds is 6. The van der Waals surface area contributed by atoms with Crippen molar-refractivity contribution in [1.82, 2.24) is 10.2 Å². The number of nitrogens with zero attached hydrogens (tertiary/aromatic N) is 1. The number of ether oxygens (including phenoxy) is 1. The fraction of sp³-hybridized carbons (Fsp3) is 0.692. The van der Waals surface area contributed by atoms with Crippen LogP contribution in [-0.2, 0) is 17.8 Å². The van der Waals surface area contributed by atoms with Gasteiger partial charge < -0.3 is 14.5 Å². The molecule has 1 aliphatic rings. The summed E-state index contributed by atoms with van der Waals surface area (Å²) in [7, 11) is 0. The molecule has 2 heterocycles. The van der Waals surface area contributed by atoms with Crippen molar-refractivity contribution in [3.8, 4) is 0 Å². The Morgan fingerprint density at radius 2 is 2.18 bits per heavy atom. The molecule has 0 saturated carbocycles. The topological polar surface area (TPSA) is 37.6 Å². The van der Waals surface area contributed by atoms with Gasteiger partial charge in [0.15, 0.2) is 0 Å². The molecule has 1 N–H and O–H groups in total. The lowest BCUT2D eigenvalue weighted by molar-refractivity contribution is 0.0339. The minimum atomic E-state index is 0.834. The SMILES string of the molecule is CCCNCc1occc1CN1CCOCC1. The molecule has 0 amide bonds. The van der Waals surface area contributed by atoms with Crippen LogP contribution in [0.2, 0.25) is 0 Å². The van der Waals surface area contributed by atoms with Crippen molar-refractivity contribution in [2.45, 2.75) is 26.4 Å². The molecule has 0 atom stereocenters. The molecule has 4 nitrogen and oxygen atoms in total. The smallest absolute Gasteiger partial charge is 0.122 e. The van der Waals surface area contributed by atoms with Crippen LogP contribution in [0.15, 0.2) is 16.7 Å². The van der Waals surface area contributed by atoms with E-state index in [-0.39, 0.29) is 0 Å². The molecule has 17 heavy (non-hydrogen) atoms. The van der Waals surface area contributed by atoms with Gasteiger partial charge in [-0.3, -0.25) is 4.90 Å². The predicted molar refractivity (Wildman–Crippen MR) is 66.8 cm³/mol.